The molecule has 10 nitrogen and oxygen atoms in total. The molecule has 0 fully saturated rings. The summed E-state index contributed by atoms with van der Waals surface area (Å²) in [6, 6.07) is 7.01. The molecule has 200 valence electrons. The summed E-state index contributed by atoms with van der Waals surface area (Å²) in [6.07, 6.45) is 8.23. The van der Waals surface area contributed by atoms with Crippen molar-refractivity contribution >= 4 is 27.8 Å². The number of carbonyl (C=O) groups is 1. The Labute approximate surface area is 224 Å². The van der Waals surface area contributed by atoms with Gasteiger partial charge in [0, 0.05) is 66.3 Å². The monoisotopic (exact) mass is 529 g/mol. The van der Waals surface area contributed by atoms with Crippen molar-refractivity contribution in [3.05, 3.63) is 66.8 Å². The number of H-pyrrole nitrogens is 1. The molecular weight excluding hydrogens is 501 g/mol. The average molecular weight is 530 g/mol. The molecule has 0 radical (unpaired) electrons. The number of aromatic amines is 1. The van der Waals surface area contributed by atoms with Crippen LogP contribution in [0.5, 0.6) is 5.75 Å². The van der Waals surface area contributed by atoms with E-state index in [1.54, 1.807) is 31.9 Å². The van der Waals surface area contributed by atoms with Gasteiger partial charge in [-0.15, -0.1) is 0 Å². The van der Waals surface area contributed by atoms with Gasteiger partial charge in [0.1, 0.15) is 18.0 Å². The smallest absolute Gasteiger partial charge is 0.272 e. The minimum absolute atomic E-state index is 0.268. The molecule has 39 heavy (non-hydrogen) atoms. The maximum absolute atomic E-state index is 15.3. The van der Waals surface area contributed by atoms with Gasteiger partial charge in [-0.05, 0) is 38.4 Å². The maximum Gasteiger partial charge on any atom is 0.272 e. The summed E-state index contributed by atoms with van der Waals surface area (Å²) in [5.41, 5.74) is 3.68. The lowest BCUT2D eigenvalue weighted by Crippen LogP contribution is -2.32. The second-order valence-corrected chi connectivity index (χ2v) is 9.16. The van der Waals surface area contributed by atoms with Gasteiger partial charge >= 0.3 is 0 Å². The first kappa shape index (κ1) is 26.1. The fourth-order valence-corrected chi connectivity index (χ4v) is 4.26. The Hall–Kier alpha value is -4.48. The summed E-state index contributed by atoms with van der Waals surface area (Å²) in [6.45, 7) is 1.63. The van der Waals surface area contributed by atoms with E-state index in [1.165, 1.54) is 12.3 Å². The van der Waals surface area contributed by atoms with E-state index < -0.39 is 11.7 Å². The molecule has 2 N–H and O–H groups in total. The maximum atomic E-state index is 15.3. The number of nitrogens with one attached hydrogen (secondary N) is 2. The highest BCUT2D eigenvalue weighted by Crippen LogP contribution is 2.40. The van der Waals surface area contributed by atoms with Gasteiger partial charge in [-0.2, -0.15) is 0 Å². The van der Waals surface area contributed by atoms with Crippen molar-refractivity contribution in [3.8, 4) is 28.1 Å². The Bertz CT molecular complexity index is 1620. The van der Waals surface area contributed by atoms with Gasteiger partial charge in [0.15, 0.2) is 11.5 Å². The first-order valence-corrected chi connectivity index (χ1v) is 12.4. The zero-order valence-electron chi connectivity index (χ0n) is 21.9. The summed E-state index contributed by atoms with van der Waals surface area (Å²) in [5, 5.41) is 4.24. The summed E-state index contributed by atoms with van der Waals surface area (Å²) < 4.78 is 26.4. The third kappa shape index (κ3) is 5.54. The number of nitrogens with zero attached hydrogens (tertiary/aromatic N) is 5. The van der Waals surface area contributed by atoms with Gasteiger partial charge in [-0.25, -0.2) is 14.4 Å². The van der Waals surface area contributed by atoms with Crippen molar-refractivity contribution in [2.24, 2.45) is 0 Å². The molecule has 0 aliphatic heterocycles. The zero-order chi connectivity index (χ0) is 27.4. The Morgan fingerprint density at radius 1 is 1.08 bits per heavy atom. The SMILES string of the molecule is COCCOc1cnc2[nH]c3cnc(-c4cccnc4)cc3c2c1-c1cnc(C(=O)NCCN(C)C)c(F)c1. The van der Waals surface area contributed by atoms with Crippen LogP contribution in [0.25, 0.3) is 44.3 Å². The second-order valence-electron chi connectivity index (χ2n) is 9.16. The van der Waals surface area contributed by atoms with Crippen LogP contribution in [0.1, 0.15) is 10.5 Å². The summed E-state index contributed by atoms with van der Waals surface area (Å²) in [5.74, 6) is -0.874. The van der Waals surface area contributed by atoms with E-state index in [-0.39, 0.29) is 12.3 Å². The molecule has 0 spiro atoms. The van der Waals surface area contributed by atoms with Gasteiger partial charge in [-0.3, -0.25) is 14.8 Å². The van der Waals surface area contributed by atoms with Crippen molar-refractivity contribution in [1.82, 2.24) is 35.1 Å². The van der Waals surface area contributed by atoms with Crippen LogP contribution in [-0.2, 0) is 4.74 Å². The van der Waals surface area contributed by atoms with Crippen LogP contribution in [0.4, 0.5) is 4.39 Å². The van der Waals surface area contributed by atoms with E-state index in [4.69, 9.17) is 9.47 Å². The van der Waals surface area contributed by atoms with Crippen LogP contribution in [0, 0.1) is 5.82 Å². The molecule has 0 atom stereocenters. The van der Waals surface area contributed by atoms with Crippen LogP contribution in [0.3, 0.4) is 0 Å². The highest BCUT2D eigenvalue weighted by molar-refractivity contribution is 6.14. The molecule has 0 aromatic carbocycles. The summed E-state index contributed by atoms with van der Waals surface area (Å²) in [4.78, 5) is 35.3. The summed E-state index contributed by atoms with van der Waals surface area (Å²) >= 11 is 0. The molecule has 0 aliphatic rings. The van der Waals surface area contributed by atoms with Crippen molar-refractivity contribution in [2.45, 2.75) is 0 Å². The molecule has 1 amide bonds. The molecule has 0 aliphatic carbocycles. The Morgan fingerprint density at radius 2 is 1.95 bits per heavy atom. The quantitative estimate of drug-likeness (QED) is 0.263. The average Bonchev–Trinajstić information content (AvgIpc) is 3.31. The molecule has 0 saturated carbocycles. The molecule has 5 aromatic rings. The number of methoxy groups -OCH3 is 1. The van der Waals surface area contributed by atoms with Gasteiger partial charge in [0.05, 0.1) is 30.2 Å². The van der Waals surface area contributed by atoms with Crippen LogP contribution >= 0.6 is 0 Å². The Balaban J connectivity index is 1.63. The molecule has 0 unspecified atom stereocenters. The van der Waals surface area contributed by atoms with E-state index >= 15 is 4.39 Å². The number of aromatic nitrogens is 5. The lowest BCUT2D eigenvalue weighted by molar-refractivity contribution is 0.0941. The number of amides is 1. The number of halogens is 1. The van der Waals surface area contributed by atoms with Crippen molar-refractivity contribution in [1.29, 1.82) is 0 Å². The van der Waals surface area contributed by atoms with E-state index in [0.29, 0.717) is 42.2 Å². The number of carbonyl (C=O) groups excluding carboxylic acids is 1. The third-order valence-corrected chi connectivity index (χ3v) is 6.16. The molecule has 11 heteroatoms. The van der Waals surface area contributed by atoms with Crippen LogP contribution in [0.2, 0.25) is 0 Å². The number of hydrogen-bond acceptors (Lipinski definition) is 8. The van der Waals surface area contributed by atoms with Crippen LogP contribution < -0.4 is 10.1 Å². The van der Waals surface area contributed by atoms with Crippen LogP contribution in [0.15, 0.2) is 55.2 Å². The number of likely N-dealkylation sites (N-methyl/N-ethyl adjacent to an activating group) is 1. The lowest BCUT2D eigenvalue weighted by atomic mass is 10.0. The number of hydrogen-bond donors (Lipinski definition) is 2. The van der Waals surface area contributed by atoms with Crippen molar-refractivity contribution < 1.29 is 18.7 Å². The second kappa shape index (κ2) is 11.5. The third-order valence-electron chi connectivity index (χ3n) is 6.16. The Morgan fingerprint density at radius 3 is 2.69 bits per heavy atom. The Kier molecular flexibility index (Phi) is 7.71. The molecular formula is C28H28FN7O3. The van der Waals surface area contributed by atoms with E-state index in [0.717, 1.165) is 27.5 Å². The minimum Gasteiger partial charge on any atom is -0.489 e. The highest BCUT2D eigenvalue weighted by Gasteiger charge is 2.21. The summed E-state index contributed by atoms with van der Waals surface area (Å²) in [7, 11) is 5.37. The fraction of sp³-hybridized carbons (Fsp3) is 0.250. The fourth-order valence-electron chi connectivity index (χ4n) is 4.26. The lowest BCUT2D eigenvalue weighted by Gasteiger charge is -2.14. The first-order chi connectivity index (χ1) is 19.0. The van der Waals surface area contributed by atoms with E-state index in [9.17, 15) is 4.79 Å². The molecule has 5 heterocycles. The zero-order valence-corrected chi connectivity index (χ0v) is 21.9. The number of ether oxygens (including phenoxy) is 2. The topological polar surface area (TPSA) is 118 Å². The number of rotatable bonds is 10. The van der Waals surface area contributed by atoms with Gasteiger partial charge < -0.3 is 24.7 Å². The van der Waals surface area contributed by atoms with Crippen molar-refractivity contribution in [3.63, 3.8) is 0 Å². The number of pyridine rings is 4. The molecule has 0 saturated heterocycles. The van der Waals surface area contributed by atoms with E-state index in [1.807, 2.05) is 37.2 Å². The molecule has 0 bridgehead atoms. The van der Waals surface area contributed by atoms with Gasteiger partial charge in [-0.1, -0.05) is 0 Å². The predicted octanol–water partition coefficient (Wildman–Crippen LogP) is 3.69. The largest absolute Gasteiger partial charge is 0.489 e. The van der Waals surface area contributed by atoms with Crippen LogP contribution in [-0.4, -0.2) is 83.2 Å². The van der Waals surface area contributed by atoms with E-state index in [2.05, 4.69) is 30.2 Å². The minimum atomic E-state index is -0.736. The van der Waals surface area contributed by atoms with Gasteiger partial charge in [0.2, 0.25) is 0 Å². The van der Waals surface area contributed by atoms with Crippen molar-refractivity contribution in [2.75, 3.05) is 47.5 Å². The molecule has 5 rings (SSSR count). The predicted molar refractivity (Wildman–Crippen MR) is 146 cm³/mol. The van der Waals surface area contributed by atoms with Gasteiger partial charge in [0.25, 0.3) is 5.91 Å². The molecule has 5 aromatic heterocycles. The standard InChI is InChI=1S/C28H28FN7O3/c1-36(2)8-7-31-28(37)26-20(29)11-18(14-33-26)24-23(39-10-9-38-3)16-34-27-25(24)19-12-21(32-15-22(19)35-27)17-5-4-6-30-13-17/h4-6,11-16H,7-10H2,1-3H3,(H,31,37)(H,34,35). The highest BCUT2D eigenvalue weighted by atomic mass is 19.1. The number of fused-ring (bicyclic) bond motifs is 3. The first-order valence-electron chi connectivity index (χ1n) is 12.4. The normalized spacial score (nSPS) is 11.4.